The molecular formula is C27H30ClN3O5. The molecule has 0 heterocycles. The van der Waals surface area contributed by atoms with Crippen molar-refractivity contribution in [3.8, 4) is 17.2 Å². The van der Waals surface area contributed by atoms with E-state index in [1.54, 1.807) is 72.7 Å². The second-order valence-corrected chi connectivity index (χ2v) is 8.33. The van der Waals surface area contributed by atoms with Crippen molar-refractivity contribution in [3.63, 3.8) is 0 Å². The van der Waals surface area contributed by atoms with Crippen LogP contribution in [-0.2, 0) is 6.54 Å². The molecular weight excluding hydrogens is 482 g/mol. The minimum Gasteiger partial charge on any atom is -0.497 e. The third kappa shape index (κ3) is 6.68. The van der Waals surface area contributed by atoms with Crippen LogP contribution in [0.4, 0.5) is 5.69 Å². The first-order valence-electron chi connectivity index (χ1n) is 11.3. The molecule has 0 saturated heterocycles. The molecule has 9 heteroatoms. The predicted octanol–water partition coefficient (Wildman–Crippen LogP) is 4.61. The summed E-state index contributed by atoms with van der Waals surface area (Å²) < 4.78 is 15.7. The van der Waals surface area contributed by atoms with Crippen LogP contribution in [0, 0.1) is 0 Å². The number of rotatable bonds is 11. The van der Waals surface area contributed by atoms with Crippen LogP contribution in [-0.4, -0.2) is 51.1 Å². The Bertz CT molecular complexity index is 1200. The molecule has 0 aliphatic heterocycles. The molecule has 3 N–H and O–H groups in total. The summed E-state index contributed by atoms with van der Waals surface area (Å²) in [5, 5.41) is 3.36. The Kier molecular flexibility index (Phi) is 9.55. The molecule has 3 rings (SSSR count). The number of nitrogens with zero attached hydrogens (tertiary/aromatic N) is 1. The van der Waals surface area contributed by atoms with Gasteiger partial charge in [-0.25, -0.2) is 0 Å². The molecule has 36 heavy (non-hydrogen) atoms. The maximum absolute atomic E-state index is 13.2. The highest BCUT2D eigenvalue weighted by Gasteiger charge is 2.18. The molecule has 190 valence electrons. The highest BCUT2D eigenvalue weighted by atomic mass is 35.5. The van der Waals surface area contributed by atoms with E-state index < -0.39 is 0 Å². The monoisotopic (exact) mass is 511 g/mol. The highest BCUT2D eigenvalue weighted by molar-refractivity contribution is 6.31. The Morgan fingerprint density at radius 1 is 0.889 bits per heavy atom. The zero-order valence-electron chi connectivity index (χ0n) is 20.5. The average Bonchev–Trinajstić information content (AvgIpc) is 2.91. The quantitative estimate of drug-likeness (QED) is 0.389. The van der Waals surface area contributed by atoms with Crippen molar-refractivity contribution >= 4 is 29.1 Å². The molecule has 0 bridgehead atoms. The van der Waals surface area contributed by atoms with Gasteiger partial charge < -0.3 is 30.2 Å². The van der Waals surface area contributed by atoms with Crippen molar-refractivity contribution in [3.05, 3.63) is 82.4 Å². The van der Waals surface area contributed by atoms with Gasteiger partial charge in [-0.3, -0.25) is 9.59 Å². The van der Waals surface area contributed by atoms with Gasteiger partial charge in [0.2, 0.25) is 0 Å². The Morgan fingerprint density at radius 3 is 2.22 bits per heavy atom. The van der Waals surface area contributed by atoms with Gasteiger partial charge >= 0.3 is 0 Å². The van der Waals surface area contributed by atoms with E-state index in [0.29, 0.717) is 64.2 Å². The number of anilines is 1. The van der Waals surface area contributed by atoms with E-state index >= 15 is 0 Å². The topological polar surface area (TPSA) is 103 Å². The Labute approximate surface area is 215 Å². The predicted molar refractivity (Wildman–Crippen MR) is 140 cm³/mol. The van der Waals surface area contributed by atoms with Crippen LogP contribution in [0.3, 0.4) is 0 Å². The van der Waals surface area contributed by atoms with Crippen LogP contribution in [0.25, 0.3) is 0 Å². The number of benzene rings is 3. The van der Waals surface area contributed by atoms with Gasteiger partial charge in [-0.2, -0.15) is 0 Å². The van der Waals surface area contributed by atoms with Crippen molar-refractivity contribution in [2.45, 2.75) is 13.0 Å². The summed E-state index contributed by atoms with van der Waals surface area (Å²) in [5.41, 5.74) is 7.88. The van der Waals surface area contributed by atoms with Crippen molar-refractivity contribution in [2.75, 3.05) is 39.7 Å². The minimum atomic E-state index is -0.321. The maximum Gasteiger partial charge on any atom is 0.255 e. The van der Waals surface area contributed by atoms with Crippen molar-refractivity contribution < 1.29 is 23.8 Å². The number of carbonyl (C=O) groups is 2. The fourth-order valence-corrected chi connectivity index (χ4v) is 3.79. The molecule has 0 aromatic heterocycles. The van der Waals surface area contributed by atoms with Gasteiger partial charge in [-0.05, 0) is 79.2 Å². The largest absolute Gasteiger partial charge is 0.497 e. The first kappa shape index (κ1) is 26.8. The van der Waals surface area contributed by atoms with E-state index in [-0.39, 0.29) is 18.4 Å². The van der Waals surface area contributed by atoms with E-state index in [0.717, 1.165) is 0 Å². The standard InChI is InChI=1S/C27H30ClN3O5/c1-34-22-9-5-18(6-10-22)27(33)31(14-4-13-29)17-20-15-21(8-11-23(20)28)30-26(32)19-7-12-24(35-2)25(16-19)36-3/h5-12,15-16H,4,13-14,17,29H2,1-3H3,(H,30,32). The third-order valence-corrected chi connectivity index (χ3v) is 5.94. The number of carbonyl (C=O) groups excluding carboxylic acids is 2. The molecule has 0 saturated carbocycles. The summed E-state index contributed by atoms with van der Waals surface area (Å²) in [6.07, 6.45) is 0.634. The first-order chi connectivity index (χ1) is 17.4. The van der Waals surface area contributed by atoms with Gasteiger partial charge in [0.05, 0.1) is 21.3 Å². The Balaban J connectivity index is 1.80. The number of nitrogens with two attached hydrogens (primary N) is 1. The smallest absolute Gasteiger partial charge is 0.255 e. The van der Waals surface area contributed by atoms with E-state index in [4.69, 9.17) is 31.5 Å². The first-order valence-corrected chi connectivity index (χ1v) is 11.7. The lowest BCUT2D eigenvalue weighted by atomic mass is 10.1. The molecule has 2 amide bonds. The van der Waals surface area contributed by atoms with Crippen LogP contribution in [0.1, 0.15) is 32.7 Å². The summed E-state index contributed by atoms with van der Waals surface area (Å²) in [6, 6.07) is 17.0. The van der Waals surface area contributed by atoms with Gasteiger partial charge in [0.15, 0.2) is 11.5 Å². The van der Waals surface area contributed by atoms with Gasteiger partial charge in [0, 0.05) is 34.9 Å². The number of hydrogen-bond donors (Lipinski definition) is 2. The number of ether oxygens (including phenoxy) is 3. The fraction of sp³-hybridized carbons (Fsp3) is 0.259. The maximum atomic E-state index is 13.2. The van der Waals surface area contributed by atoms with Crippen molar-refractivity contribution in [1.82, 2.24) is 4.90 Å². The van der Waals surface area contributed by atoms with Gasteiger partial charge in [-0.1, -0.05) is 11.6 Å². The molecule has 0 fully saturated rings. The number of hydrogen-bond acceptors (Lipinski definition) is 6. The lowest BCUT2D eigenvalue weighted by Crippen LogP contribution is -2.32. The summed E-state index contributed by atoms with van der Waals surface area (Å²) in [4.78, 5) is 27.8. The molecule has 0 aliphatic carbocycles. The average molecular weight is 512 g/mol. The van der Waals surface area contributed by atoms with E-state index in [1.165, 1.54) is 14.2 Å². The normalized spacial score (nSPS) is 10.5. The number of methoxy groups -OCH3 is 3. The fourth-order valence-electron chi connectivity index (χ4n) is 3.61. The van der Waals surface area contributed by atoms with Crippen molar-refractivity contribution in [1.29, 1.82) is 0 Å². The SMILES string of the molecule is COc1ccc(C(=O)N(CCCN)Cc2cc(NC(=O)c3ccc(OC)c(OC)c3)ccc2Cl)cc1. The zero-order chi connectivity index (χ0) is 26.1. The van der Waals surface area contributed by atoms with E-state index in [2.05, 4.69) is 5.32 Å². The summed E-state index contributed by atoms with van der Waals surface area (Å²) >= 11 is 6.47. The van der Waals surface area contributed by atoms with Crippen molar-refractivity contribution in [2.24, 2.45) is 5.73 Å². The Hall–Kier alpha value is -3.75. The minimum absolute atomic E-state index is 0.151. The summed E-state index contributed by atoms with van der Waals surface area (Å²) in [6.45, 7) is 1.16. The molecule has 0 aliphatic rings. The highest BCUT2D eigenvalue weighted by Crippen LogP contribution is 2.28. The van der Waals surface area contributed by atoms with E-state index in [9.17, 15) is 9.59 Å². The van der Waals surface area contributed by atoms with Gasteiger partial charge in [-0.15, -0.1) is 0 Å². The van der Waals surface area contributed by atoms with Gasteiger partial charge in [0.25, 0.3) is 11.8 Å². The molecule has 8 nitrogen and oxygen atoms in total. The lowest BCUT2D eigenvalue weighted by Gasteiger charge is -2.24. The summed E-state index contributed by atoms with van der Waals surface area (Å²) in [7, 11) is 4.61. The third-order valence-electron chi connectivity index (χ3n) is 5.57. The summed E-state index contributed by atoms with van der Waals surface area (Å²) in [5.74, 6) is 1.18. The van der Waals surface area contributed by atoms with Gasteiger partial charge in [0.1, 0.15) is 5.75 Å². The molecule has 3 aromatic carbocycles. The number of halogens is 1. The molecule has 0 spiro atoms. The van der Waals surface area contributed by atoms with Crippen LogP contribution >= 0.6 is 11.6 Å². The second-order valence-electron chi connectivity index (χ2n) is 7.93. The zero-order valence-corrected chi connectivity index (χ0v) is 21.3. The Morgan fingerprint density at radius 2 is 1.58 bits per heavy atom. The second kappa shape index (κ2) is 12.8. The number of nitrogens with one attached hydrogen (secondary N) is 1. The molecule has 0 unspecified atom stereocenters. The van der Waals surface area contributed by atoms with Crippen LogP contribution in [0.2, 0.25) is 5.02 Å². The molecule has 0 radical (unpaired) electrons. The van der Waals surface area contributed by atoms with Crippen LogP contribution < -0.4 is 25.3 Å². The van der Waals surface area contributed by atoms with E-state index in [1.807, 2.05) is 0 Å². The van der Waals surface area contributed by atoms with Crippen LogP contribution in [0.5, 0.6) is 17.2 Å². The lowest BCUT2D eigenvalue weighted by molar-refractivity contribution is 0.0742. The van der Waals surface area contributed by atoms with Crippen LogP contribution in [0.15, 0.2) is 60.7 Å². The number of amides is 2. The molecule has 0 atom stereocenters. The molecule has 3 aromatic rings.